The molecule has 0 spiro atoms. The summed E-state index contributed by atoms with van der Waals surface area (Å²) in [6.07, 6.45) is 0. The molecule has 2 N–H and O–H groups in total. The van der Waals surface area contributed by atoms with E-state index >= 15 is 0 Å². The van der Waals surface area contributed by atoms with Crippen molar-refractivity contribution in [2.24, 2.45) is 12.8 Å². The molecule has 2 heterocycles. The maximum Gasteiger partial charge on any atom is 0.153 e. The van der Waals surface area contributed by atoms with Crippen LogP contribution in [0.4, 0.5) is 0 Å². The number of nitrogens with zero attached hydrogens (tertiary/aromatic N) is 4. The summed E-state index contributed by atoms with van der Waals surface area (Å²) in [5.74, 6) is 2.25. The van der Waals surface area contributed by atoms with Crippen molar-refractivity contribution in [1.29, 1.82) is 0 Å². The van der Waals surface area contributed by atoms with Crippen LogP contribution in [0.3, 0.4) is 0 Å². The first-order valence-electron chi connectivity index (χ1n) is 5.20. The van der Waals surface area contributed by atoms with Crippen LogP contribution in [0.2, 0.25) is 0 Å². The molecule has 0 amide bonds. The largest absolute Gasteiger partial charge is 0.321 e. The van der Waals surface area contributed by atoms with Crippen LogP contribution in [0.1, 0.15) is 11.7 Å². The molecule has 1 aromatic heterocycles. The minimum Gasteiger partial charge on any atom is -0.321 e. The standard InChI is InChI=1S/C9H16BrN5S/c1-14-3-4-16-5-6(14)7(11)8-9(10)12-13-15(8)2/h6-7H,3-5,11H2,1-2H3. The van der Waals surface area contributed by atoms with Crippen LogP contribution in [-0.2, 0) is 7.05 Å². The topological polar surface area (TPSA) is 60.0 Å². The quantitative estimate of drug-likeness (QED) is 0.868. The van der Waals surface area contributed by atoms with Gasteiger partial charge in [-0.2, -0.15) is 11.8 Å². The van der Waals surface area contributed by atoms with Crippen molar-refractivity contribution in [2.45, 2.75) is 12.1 Å². The summed E-state index contributed by atoms with van der Waals surface area (Å²) in [6.45, 7) is 1.09. The maximum atomic E-state index is 6.32. The maximum absolute atomic E-state index is 6.32. The fourth-order valence-corrected chi connectivity index (χ4v) is 3.84. The number of aryl methyl sites for hydroxylation is 1. The Hall–Kier alpha value is -0.110. The summed E-state index contributed by atoms with van der Waals surface area (Å²) in [4.78, 5) is 2.32. The van der Waals surface area contributed by atoms with E-state index in [1.54, 1.807) is 4.68 Å². The van der Waals surface area contributed by atoms with Crippen molar-refractivity contribution in [3.8, 4) is 0 Å². The molecule has 2 unspecified atom stereocenters. The Morgan fingerprint density at radius 1 is 1.56 bits per heavy atom. The van der Waals surface area contributed by atoms with Gasteiger partial charge in [0, 0.05) is 31.1 Å². The van der Waals surface area contributed by atoms with Gasteiger partial charge in [0.1, 0.15) is 0 Å². The summed E-state index contributed by atoms with van der Waals surface area (Å²) >= 11 is 5.36. The number of halogens is 1. The van der Waals surface area contributed by atoms with E-state index in [-0.39, 0.29) is 6.04 Å². The Morgan fingerprint density at radius 2 is 2.31 bits per heavy atom. The number of aromatic nitrogens is 3. The first-order valence-corrected chi connectivity index (χ1v) is 7.14. The lowest BCUT2D eigenvalue weighted by Crippen LogP contribution is -2.46. The van der Waals surface area contributed by atoms with Gasteiger partial charge in [0.2, 0.25) is 0 Å². The van der Waals surface area contributed by atoms with Crippen molar-refractivity contribution < 1.29 is 0 Å². The molecule has 1 fully saturated rings. The summed E-state index contributed by atoms with van der Waals surface area (Å²) in [5, 5.41) is 7.95. The third-order valence-electron chi connectivity index (χ3n) is 3.00. The Bertz CT molecular complexity index is 349. The Morgan fingerprint density at radius 3 is 2.88 bits per heavy atom. The van der Waals surface area contributed by atoms with Crippen molar-refractivity contribution in [3.63, 3.8) is 0 Å². The first kappa shape index (κ1) is 12.3. The highest BCUT2D eigenvalue weighted by atomic mass is 79.9. The van der Waals surface area contributed by atoms with Crippen molar-refractivity contribution in [2.75, 3.05) is 25.1 Å². The lowest BCUT2D eigenvalue weighted by atomic mass is 10.1. The summed E-state index contributed by atoms with van der Waals surface area (Å²) in [6, 6.07) is 0.305. The molecule has 0 bridgehead atoms. The molecule has 1 aliphatic heterocycles. The molecule has 0 aromatic carbocycles. The SMILES string of the molecule is CN1CCSCC1C(N)c1c(Br)nnn1C. The molecule has 1 saturated heterocycles. The van der Waals surface area contributed by atoms with E-state index in [1.807, 2.05) is 18.8 Å². The van der Waals surface area contributed by atoms with Gasteiger partial charge in [0.05, 0.1) is 11.7 Å². The summed E-state index contributed by atoms with van der Waals surface area (Å²) in [7, 11) is 4.00. The van der Waals surface area contributed by atoms with Crippen LogP contribution in [0, 0.1) is 0 Å². The second kappa shape index (κ2) is 5.03. The van der Waals surface area contributed by atoms with Crippen LogP contribution in [0.5, 0.6) is 0 Å². The van der Waals surface area contributed by atoms with Crippen molar-refractivity contribution in [1.82, 2.24) is 19.9 Å². The fraction of sp³-hybridized carbons (Fsp3) is 0.778. The van der Waals surface area contributed by atoms with Gasteiger partial charge in [-0.05, 0) is 23.0 Å². The van der Waals surface area contributed by atoms with Gasteiger partial charge in [-0.3, -0.25) is 4.90 Å². The van der Waals surface area contributed by atoms with E-state index in [9.17, 15) is 0 Å². The number of thioether (sulfide) groups is 1. The minimum atomic E-state index is -0.0489. The number of rotatable bonds is 2. The monoisotopic (exact) mass is 305 g/mol. The lowest BCUT2D eigenvalue weighted by molar-refractivity contribution is 0.232. The summed E-state index contributed by atoms with van der Waals surface area (Å²) in [5.41, 5.74) is 7.29. The predicted octanol–water partition coefficient (Wildman–Crippen LogP) is 0.625. The zero-order chi connectivity index (χ0) is 11.7. The molecular weight excluding hydrogens is 290 g/mol. The molecule has 0 radical (unpaired) electrons. The zero-order valence-electron chi connectivity index (χ0n) is 9.43. The highest BCUT2D eigenvalue weighted by Gasteiger charge is 2.30. The van der Waals surface area contributed by atoms with Crippen LogP contribution in [0.15, 0.2) is 4.60 Å². The molecule has 2 rings (SSSR count). The van der Waals surface area contributed by atoms with Crippen molar-refractivity contribution in [3.05, 3.63) is 10.3 Å². The van der Waals surface area contributed by atoms with Crippen LogP contribution in [0.25, 0.3) is 0 Å². The molecule has 16 heavy (non-hydrogen) atoms. The predicted molar refractivity (Wildman–Crippen MR) is 69.4 cm³/mol. The molecule has 5 nitrogen and oxygen atoms in total. The van der Waals surface area contributed by atoms with Crippen molar-refractivity contribution >= 4 is 27.7 Å². The molecular formula is C9H16BrN5S. The highest BCUT2D eigenvalue weighted by molar-refractivity contribution is 9.10. The van der Waals surface area contributed by atoms with E-state index in [0.717, 1.165) is 22.6 Å². The fourth-order valence-electron chi connectivity index (χ4n) is 1.96. The van der Waals surface area contributed by atoms with E-state index in [1.165, 1.54) is 5.75 Å². The number of hydrogen-bond donors (Lipinski definition) is 1. The molecule has 0 aliphatic carbocycles. The number of hydrogen-bond acceptors (Lipinski definition) is 5. The van der Waals surface area contributed by atoms with Gasteiger partial charge in [0.25, 0.3) is 0 Å². The van der Waals surface area contributed by atoms with Crippen LogP contribution >= 0.6 is 27.7 Å². The van der Waals surface area contributed by atoms with Gasteiger partial charge >= 0.3 is 0 Å². The molecule has 1 aromatic rings. The minimum absolute atomic E-state index is 0.0489. The third kappa shape index (κ3) is 2.27. The Balaban J connectivity index is 2.20. The molecule has 0 saturated carbocycles. The van der Waals surface area contributed by atoms with E-state index in [0.29, 0.717) is 6.04 Å². The lowest BCUT2D eigenvalue weighted by Gasteiger charge is -2.35. The second-order valence-corrected chi connectivity index (χ2v) is 5.94. The molecule has 7 heteroatoms. The van der Waals surface area contributed by atoms with Crippen LogP contribution in [-0.4, -0.2) is 51.0 Å². The molecule has 1 aliphatic rings. The average Bonchev–Trinajstić information content (AvgIpc) is 2.58. The van der Waals surface area contributed by atoms with Gasteiger partial charge in [-0.15, -0.1) is 5.10 Å². The molecule has 2 atom stereocenters. The Labute approximate surface area is 108 Å². The highest BCUT2D eigenvalue weighted by Crippen LogP contribution is 2.27. The van der Waals surface area contributed by atoms with Gasteiger partial charge in [-0.25, -0.2) is 4.68 Å². The van der Waals surface area contributed by atoms with E-state index in [4.69, 9.17) is 5.73 Å². The Kier molecular flexibility index (Phi) is 3.89. The van der Waals surface area contributed by atoms with E-state index < -0.39 is 0 Å². The normalized spacial score (nSPS) is 24.6. The second-order valence-electron chi connectivity index (χ2n) is 4.04. The number of likely N-dealkylation sites (N-methyl/N-ethyl adjacent to an activating group) is 1. The smallest absolute Gasteiger partial charge is 0.153 e. The van der Waals surface area contributed by atoms with Gasteiger partial charge in [0.15, 0.2) is 4.60 Å². The zero-order valence-corrected chi connectivity index (χ0v) is 11.8. The average molecular weight is 306 g/mol. The van der Waals surface area contributed by atoms with Gasteiger partial charge in [-0.1, -0.05) is 5.21 Å². The number of nitrogens with two attached hydrogens (primary N) is 1. The van der Waals surface area contributed by atoms with E-state index in [2.05, 4.69) is 38.2 Å². The summed E-state index contributed by atoms with van der Waals surface area (Å²) < 4.78 is 2.51. The van der Waals surface area contributed by atoms with Gasteiger partial charge < -0.3 is 5.73 Å². The first-order chi connectivity index (χ1) is 7.61. The van der Waals surface area contributed by atoms with Crippen LogP contribution < -0.4 is 5.73 Å². The third-order valence-corrected chi connectivity index (χ3v) is 4.61. The molecule has 90 valence electrons.